The van der Waals surface area contributed by atoms with Crippen LogP contribution in [-0.4, -0.2) is 30.4 Å². The Hall–Kier alpha value is -1.65. The van der Waals surface area contributed by atoms with Crippen LogP contribution < -0.4 is 5.73 Å². The third-order valence-corrected chi connectivity index (χ3v) is 5.38. The monoisotopic (exact) mass is 314 g/mol. The minimum absolute atomic E-state index is 0.140. The SMILES string of the molecule is NCCN(CCc1ccccc1)C(=O)c1cc2c(s1)CCC2. The van der Waals surface area contributed by atoms with Gasteiger partial charge in [0.25, 0.3) is 5.91 Å². The molecule has 1 amide bonds. The number of amides is 1. The number of carbonyl (C=O) groups excluding carboxylic acids is 1. The van der Waals surface area contributed by atoms with E-state index in [1.165, 1.54) is 22.4 Å². The smallest absolute Gasteiger partial charge is 0.263 e. The Morgan fingerprint density at radius 1 is 1.18 bits per heavy atom. The quantitative estimate of drug-likeness (QED) is 0.891. The molecule has 0 saturated carbocycles. The molecule has 0 unspecified atom stereocenters. The van der Waals surface area contributed by atoms with Crippen LogP contribution >= 0.6 is 11.3 Å². The van der Waals surface area contributed by atoms with Gasteiger partial charge >= 0.3 is 0 Å². The Morgan fingerprint density at radius 3 is 2.73 bits per heavy atom. The Kier molecular flexibility index (Phi) is 4.90. The lowest BCUT2D eigenvalue weighted by molar-refractivity contribution is 0.0767. The molecule has 0 radical (unpaired) electrons. The van der Waals surface area contributed by atoms with Crippen LogP contribution in [-0.2, 0) is 19.3 Å². The van der Waals surface area contributed by atoms with E-state index in [-0.39, 0.29) is 5.91 Å². The predicted octanol–water partition coefficient (Wildman–Crippen LogP) is 2.88. The molecule has 0 aliphatic heterocycles. The lowest BCUT2D eigenvalue weighted by Crippen LogP contribution is -2.36. The fourth-order valence-electron chi connectivity index (χ4n) is 2.97. The maximum Gasteiger partial charge on any atom is 0.263 e. The van der Waals surface area contributed by atoms with Crippen LogP contribution in [0.25, 0.3) is 0 Å². The normalized spacial score (nSPS) is 13.1. The highest BCUT2D eigenvalue weighted by atomic mass is 32.1. The molecule has 1 aliphatic carbocycles. The largest absolute Gasteiger partial charge is 0.336 e. The minimum atomic E-state index is 0.140. The number of aryl methyl sites for hydroxylation is 2. The summed E-state index contributed by atoms with van der Waals surface area (Å²) >= 11 is 1.67. The van der Waals surface area contributed by atoms with E-state index >= 15 is 0 Å². The first-order chi connectivity index (χ1) is 10.8. The molecule has 1 aliphatic rings. The van der Waals surface area contributed by atoms with E-state index in [0.29, 0.717) is 13.1 Å². The second kappa shape index (κ2) is 7.07. The third kappa shape index (κ3) is 3.39. The molecule has 22 heavy (non-hydrogen) atoms. The van der Waals surface area contributed by atoms with Gasteiger partial charge in [-0.25, -0.2) is 0 Å². The zero-order valence-corrected chi connectivity index (χ0v) is 13.6. The van der Waals surface area contributed by atoms with Crippen LogP contribution in [0.15, 0.2) is 36.4 Å². The first kappa shape index (κ1) is 15.3. The fraction of sp³-hybridized carbons (Fsp3) is 0.389. The second-order valence-electron chi connectivity index (χ2n) is 5.73. The number of nitrogens with two attached hydrogens (primary N) is 1. The predicted molar refractivity (Wildman–Crippen MR) is 91.4 cm³/mol. The van der Waals surface area contributed by atoms with Gasteiger partial charge in [-0.1, -0.05) is 30.3 Å². The standard InChI is InChI=1S/C18H22N2OS/c19-10-12-20(11-9-14-5-2-1-3-6-14)18(21)17-13-15-7-4-8-16(15)22-17/h1-3,5-6,13H,4,7-12,19H2. The minimum Gasteiger partial charge on any atom is -0.336 e. The van der Waals surface area contributed by atoms with Crippen molar-refractivity contribution in [2.75, 3.05) is 19.6 Å². The molecule has 1 aromatic carbocycles. The molecule has 0 saturated heterocycles. The van der Waals surface area contributed by atoms with Gasteiger partial charge in [0, 0.05) is 24.5 Å². The van der Waals surface area contributed by atoms with Crippen LogP contribution in [0.1, 0.15) is 32.1 Å². The molecule has 2 N–H and O–H groups in total. The van der Waals surface area contributed by atoms with Gasteiger partial charge in [0.15, 0.2) is 0 Å². The summed E-state index contributed by atoms with van der Waals surface area (Å²) in [6.07, 6.45) is 4.36. The van der Waals surface area contributed by atoms with E-state index in [1.807, 2.05) is 23.1 Å². The van der Waals surface area contributed by atoms with Crippen molar-refractivity contribution in [1.29, 1.82) is 0 Å². The molecule has 4 heteroatoms. The van der Waals surface area contributed by atoms with Crippen LogP contribution in [0, 0.1) is 0 Å². The second-order valence-corrected chi connectivity index (χ2v) is 6.87. The average molecular weight is 314 g/mol. The van der Waals surface area contributed by atoms with Gasteiger partial charge in [0.2, 0.25) is 0 Å². The van der Waals surface area contributed by atoms with Crippen molar-refractivity contribution in [2.45, 2.75) is 25.7 Å². The maximum absolute atomic E-state index is 12.7. The summed E-state index contributed by atoms with van der Waals surface area (Å²) in [5, 5.41) is 0. The number of benzene rings is 1. The average Bonchev–Trinajstić information content (AvgIpc) is 3.13. The Labute approximate surface area is 135 Å². The van der Waals surface area contributed by atoms with Crippen LogP contribution in [0.5, 0.6) is 0 Å². The van der Waals surface area contributed by atoms with Gasteiger partial charge in [0.05, 0.1) is 4.88 Å². The van der Waals surface area contributed by atoms with Gasteiger partial charge in [-0.2, -0.15) is 0 Å². The number of hydrogen-bond acceptors (Lipinski definition) is 3. The van der Waals surface area contributed by atoms with E-state index in [4.69, 9.17) is 5.73 Å². The van der Waals surface area contributed by atoms with Crippen molar-refractivity contribution in [3.05, 3.63) is 57.3 Å². The lowest BCUT2D eigenvalue weighted by Gasteiger charge is -2.21. The molecule has 1 heterocycles. The van der Waals surface area contributed by atoms with Gasteiger partial charge in [0.1, 0.15) is 0 Å². The third-order valence-electron chi connectivity index (χ3n) is 4.16. The van der Waals surface area contributed by atoms with Gasteiger partial charge < -0.3 is 10.6 Å². The van der Waals surface area contributed by atoms with Crippen LogP contribution in [0.3, 0.4) is 0 Å². The molecule has 0 atom stereocenters. The highest BCUT2D eigenvalue weighted by Crippen LogP contribution is 2.31. The summed E-state index contributed by atoms with van der Waals surface area (Å²) < 4.78 is 0. The summed E-state index contributed by atoms with van der Waals surface area (Å²) in [4.78, 5) is 16.9. The Balaban J connectivity index is 1.68. The van der Waals surface area contributed by atoms with Crippen LogP contribution in [0.4, 0.5) is 0 Å². The van der Waals surface area contributed by atoms with E-state index in [1.54, 1.807) is 11.3 Å². The maximum atomic E-state index is 12.7. The number of rotatable bonds is 6. The first-order valence-corrected chi connectivity index (χ1v) is 8.74. The summed E-state index contributed by atoms with van der Waals surface area (Å²) in [5.74, 6) is 0.140. The number of hydrogen-bond donors (Lipinski definition) is 1. The number of carbonyl (C=O) groups is 1. The highest BCUT2D eigenvalue weighted by molar-refractivity contribution is 7.14. The zero-order valence-electron chi connectivity index (χ0n) is 12.8. The topological polar surface area (TPSA) is 46.3 Å². The fourth-order valence-corrected chi connectivity index (χ4v) is 4.19. The Bertz CT molecular complexity index is 614. The van der Waals surface area contributed by atoms with E-state index in [2.05, 4.69) is 18.2 Å². The van der Waals surface area contributed by atoms with Crippen molar-refractivity contribution in [2.24, 2.45) is 5.73 Å². The molecular formula is C18H22N2OS. The highest BCUT2D eigenvalue weighted by Gasteiger charge is 2.21. The van der Waals surface area contributed by atoms with Crippen molar-refractivity contribution in [3.63, 3.8) is 0 Å². The summed E-state index contributed by atoms with van der Waals surface area (Å²) in [6, 6.07) is 12.4. The van der Waals surface area contributed by atoms with Gasteiger partial charge in [-0.05, 0) is 42.9 Å². The van der Waals surface area contributed by atoms with Gasteiger partial charge in [-0.15, -0.1) is 11.3 Å². The zero-order chi connectivity index (χ0) is 15.4. The summed E-state index contributed by atoms with van der Waals surface area (Å²) in [6.45, 7) is 1.85. The van der Waals surface area contributed by atoms with Crippen LogP contribution in [0.2, 0.25) is 0 Å². The van der Waals surface area contributed by atoms with E-state index < -0.39 is 0 Å². The van der Waals surface area contributed by atoms with Crippen molar-refractivity contribution < 1.29 is 4.79 Å². The van der Waals surface area contributed by atoms with Crippen molar-refractivity contribution in [1.82, 2.24) is 4.90 Å². The molecule has 3 nitrogen and oxygen atoms in total. The molecule has 1 aromatic heterocycles. The molecule has 0 bridgehead atoms. The van der Waals surface area contributed by atoms with E-state index in [0.717, 1.165) is 30.7 Å². The number of thiophene rings is 1. The lowest BCUT2D eigenvalue weighted by atomic mass is 10.1. The van der Waals surface area contributed by atoms with Crippen molar-refractivity contribution in [3.8, 4) is 0 Å². The Morgan fingerprint density at radius 2 is 2.00 bits per heavy atom. The summed E-state index contributed by atoms with van der Waals surface area (Å²) in [7, 11) is 0. The number of nitrogens with zero attached hydrogens (tertiary/aromatic N) is 1. The molecule has 0 fully saturated rings. The van der Waals surface area contributed by atoms with Crippen molar-refractivity contribution >= 4 is 17.2 Å². The first-order valence-electron chi connectivity index (χ1n) is 7.93. The molecule has 116 valence electrons. The van der Waals surface area contributed by atoms with Gasteiger partial charge in [-0.3, -0.25) is 4.79 Å². The summed E-state index contributed by atoms with van der Waals surface area (Å²) in [5.41, 5.74) is 8.33. The number of fused-ring (bicyclic) bond motifs is 1. The molecule has 3 rings (SSSR count). The molecule has 0 spiro atoms. The molecule has 2 aromatic rings. The van der Waals surface area contributed by atoms with E-state index in [9.17, 15) is 4.79 Å². The molecular weight excluding hydrogens is 292 g/mol.